The number of unbranched alkanes of at least 4 members (excludes halogenated alkanes) is 38. The molecule has 0 saturated carbocycles. The number of amides is 1. The van der Waals surface area contributed by atoms with Crippen LogP contribution in [0.4, 0.5) is 0 Å². The van der Waals surface area contributed by atoms with Gasteiger partial charge in [0, 0.05) is 6.42 Å². The molecule has 9 N–H and O–H groups in total. The number of hydrogen-bond acceptors (Lipinski definition) is 13. The largest absolute Gasteiger partial charge is 0.394 e. The third-order valence-electron chi connectivity index (χ3n) is 17.9. The lowest BCUT2D eigenvalue weighted by atomic mass is 9.97. The molecule has 14 heteroatoms. The SMILES string of the molecule is CC/C=C\C/C=C\C/C=C\C/C=C\CCCCCCCCCCCCC(=O)NC(COC1OC(CO)C(OC2OC(CO)C(O)C(O)C2O)C(O)C1O)C(O)/C=C/CC/C=C/CCCCCCCCCCCCCCCCCCCCCCCCCCCCC. The van der Waals surface area contributed by atoms with Crippen LogP contribution in [0.2, 0.25) is 0 Å². The Balaban J connectivity index is 1.66. The monoisotopic (exact) mass is 1270 g/mol. The lowest BCUT2D eigenvalue weighted by Crippen LogP contribution is -2.65. The van der Waals surface area contributed by atoms with Crippen molar-refractivity contribution in [1.29, 1.82) is 0 Å². The molecule has 0 aromatic rings. The quantitative estimate of drug-likeness (QED) is 0.0204. The lowest BCUT2D eigenvalue weighted by molar-refractivity contribution is -0.359. The number of carbonyl (C=O) groups excluding carboxylic acids is 1. The van der Waals surface area contributed by atoms with E-state index in [1.54, 1.807) is 6.08 Å². The van der Waals surface area contributed by atoms with Crippen LogP contribution < -0.4 is 5.32 Å². The zero-order chi connectivity index (χ0) is 65.2. The number of aliphatic hydroxyl groups is 8. The third kappa shape index (κ3) is 43.4. The summed E-state index contributed by atoms with van der Waals surface area (Å²) in [6.07, 6.45) is 65.5. The van der Waals surface area contributed by atoms with Crippen molar-refractivity contribution < 1.29 is 64.6 Å². The summed E-state index contributed by atoms with van der Waals surface area (Å²) >= 11 is 0. The molecule has 2 aliphatic rings. The Labute approximate surface area is 548 Å². The lowest BCUT2D eigenvalue weighted by Gasteiger charge is -2.46. The van der Waals surface area contributed by atoms with E-state index in [0.29, 0.717) is 12.8 Å². The molecule has 0 aromatic heterocycles. The van der Waals surface area contributed by atoms with E-state index in [2.05, 4.69) is 79.9 Å². The van der Waals surface area contributed by atoms with E-state index in [1.807, 2.05) is 6.08 Å². The smallest absolute Gasteiger partial charge is 0.220 e. The van der Waals surface area contributed by atoms with Crippen LogP contribution in [-0.4, -0.2) is 140 Å². The van der Waals surface area contributed by atoms with Gasteiger partial charge in [0.2, 0.25) is 5.91 Å². The van der Waals surface area contributed by atoms with Crippen LogP contribution in [0.25, 0.3) is 0 Å². The van der Waals surface area contributed by atoms with Gasteiger partial charge in [0.1, 0.15) is 48.8 Å². The summed E-state index contributed by atoms with van der Waals surface area (Å²) in [6, 6.07) is -0.940. The Morgan fingerprint density at radius 3 is 1.22 bits per heavy atom. The van der Waals surface area contributed by atoms with Gasteiger partial charge in [-0.05, 0) is 70.6 Å². The second kappa shape index (κ2) is 60.1. The van der Waals surface area contributed by atoms with Gasteiger partial charge < -0.3 is 65.1 Å². The highest BCUT2D eigenvalue weighted by Crippen LogP contribution is 2.30. The second-order valence-corrected chi connectivity index (χ2v) is 26.0. The summed E-state index contributed by atoms with van der Waals surface area (Å²) in [5.74, 6) is -0.253. The molecule has 12 atom stereocenters. The summed E-state index contributed by atoms with van der Waals surface area (Å²) in [6.45, 7) is 2.70. The van der Waals surface area contributed by atoms with Crippen molar-refractivity contribution in [1.82, 2.24) is 5.32 Å². The number of nitrogens with one attached hydrogen (secondary N) is 1. The van der Waals surface area contributed by atoms with Crippen molar-refractivity contribution in [3.8, 4) is 0 Å². The van der Waals surface area contributed by atoms with Crippen LogP contribution in [0.15, 0.2) is 72.9 Å². The normalized spacial score (nSPS) is 23.3. The molecule has 12 unspecified atom stereocenters. The first-order valence-electron chi connectivity index (χ1n) is 37.2. The molecule has 2 saturated heterocycles. The van der Waals surface area contributed by atoms with Crippen LogP contribution in [0.5, 0.6) is 0 Å². The number of hydrogen-bond donors (Lipinski definition) is 9. The molecule has 524 valence electrons. The summed E-state index contributed by atoms with van der Waals surface area (Å²) in [7, 11) is 0. The Morgan fingerprint density at radius 2 is 0.778 bits per heavy atom. The van der Waals surface area contributed by atoms with Gasteiger partial charge in [0.25, 0.3) is 0 Å². The summed E-state index contributed by atoms with van der Waals surface area (Å²) in [5, 5.41) is 87.5. The van der Waals surface area contributed by atoms with Crippen LogP contribution in [0, 0.1) is 0 Å². The van der Waals surface area contributed by atoms with E-state index < -0.39 is 86.8 Å². The molecule has 0 radical (unpaired) electrons. The second-order valence-electron chi connectivity index (χ2n) is 26.0. The maximum absolute atomic E-state index is 13.3. The highest BCUT2D eigenvalue weighted by atomic mass is 16.7. The molecular formula is C76H137NO13. The molecule has 0 spiro atoms. The first-order valence-corrected chi connectivity index (χ1v) is 37.2. The van der Waals surface area contributed by atoms with Crippen molar-refractivity contribution in [3.63, 3.8) is 0 Å². The number of carbonyl (C=O) groups is 1. The molecular weight excluding hydrogens is 1130 g/mol. The Kier molecular flexibility index (Phi) is 55.8. The molecule has 0 aromatic carbocycles. The molecule has 2 fully saturated rings. The van der Waals surface area contributed by atoms with E-state index in [-0.39, 0.29) is 18.9 Å². The maximum Gasteiger partial charge on any atom is 0.220 e. The van der Waals surface area contributed by atoms with Crippen LogP contribution >= 0.6 is 0 Å². The van der Waals surface area contributed by atoms with Gasteiger partial charge >= 0.3 is 0 Å². The van der Waals surface area contributed by atoms with E-state index in [0.717, 1.165) is 64.2 Å². The highest BCUT2D eigenvalue weighted by molar-refractivity contribution is 5.76. The Bertz CT molecular complexity index is 1790. The molecule has 1 amide bonds. The third-order valence-corrected chi connectivity index (χ3v) is 17.9. The highest BCUT2D eigenvalue weighted by Gasteiger charge is 2.51. The van der Waals surface area contributed by atoms with E-state index >= 15 is 0 Å². The standard InChI is InChI=1S/C76H137NO13/c1-3-5-7-9-11-13-15-17-19-21-23-25-27-28-29-30-31-32-33-34-35-36-38-39-41-43-45-47-49-51-53-55-57-59-65(80)64(63-87-75-73(86)71(84)74(67(62-79)89-75)90-76-72(85)70(83)69(82)66(61-78)88-76)77-68(81)60-58-56-54-52-50-48-46-44-42-40-37-26-24-22-20-18-16-14-12-10-8-6-4-2/h6,8,12,14,18,20,24,26,49,51,57,59,64-67,69-76,78-80,82-86H,3-5,7,9-11,13,15-17,19,21-23,25,27-48,50,52-56,58,60-63H2,1-2H3,(H,77,81)/b8-6-,14-12-,20-18-,26-24-,51-49+,59-57+. The van der Waals surface area contributed by atoms with Gasteiger partial charge in [-0.2, -0.15) is 0 Å². The van der Waals surface area contributed by atoms with Crippen LogP contribution in [0.1, 0.15) is 309 Å². The Morgan fingerprint density at radius 1 is 0.411 bits per heavy atom. The predicted octanol–water partition coefficient (Wildman–Crippen LogP) is 15.8. The minimum atomic E-state index is -1.80. The minimum Gasteiger partial charge on any atom is -0.394 e. The molecule has 2 rings (SSSR count). The topological polar surface area (TPSA) is 228 Å². The van der Waals surface area contributed by atoms with Crippen molar-refractivity contribution >= 4 is 5.91 Å². The van der Waals surface area contributed by atoms with Gasteiger partial charge in [0.15, 0.2) is 12.6 Å². The minimum absolute atomic E-state index is 0.253. The zero-order valence-electron chi connectivity index (χ0n) is 57.1. The summed E-state index contributed by atoms with van der Waals surface area (Å²) in [4.78, 5) is 13.3. The first-order chi connectivity index (χ1) is 44.1. The molecule has 0 bridgehead atoms. The van der Waals surface area contributed by atoms with Gasteiger partial charge in [-0.25, -0.2) is 0 Å². The maximum atomic E-state index is 13.3. The number of allylic oxidation sites excluding steroid dienone is 11. The summed E-state index contributed by atoms with van der Waals surface area (Å²) < 4.78 is 22.9. The molecule has 2 aliphatic heterocycles. The molecule has 0 aliphatic carbocycles. The van der Waals surface area contributed by atoms with E-state index in [1.165, 1.54) is 212 Å². The summed E-state index contributed by atoms with van der Waals surface area (Å²) in [5.41, 5.74) is 0. The van der Waals surface area contributed by atoms with Gasteiger partial charge in [0.05, 0.1) is 32.0 Å². The van der Waals surface area contributed by atoms with Gasteiger partial charge in [-0.15, -0.1) is 0 Å². The van der Waals surface area contributed by atoms with Crippen molar-refractivity contribution in [2.45, 2.75) is 383 Å². The zero-order valence-corrected chi connectivity index (χ0v) is 57.1. The molecule has 14 nitrogen and oxygen atoms in total. The number of ether oxygens (including phenoxy) is 4. The van der Waals surface area contributed by atoms with Crippen molar-refractivity contribution in [3.05, 3.63) is 72.9 Å². The van der Waals surface area contributed by atoms with Crippen molar-refractivity contribution in [2.75, 3.05) is 19.8 Å². The predicted molar refractivity (Wildman–Crippen MR) is 369 cm³/mol. The fraction of sp³-hybridized carbons (Fsp3) is 0.829. The van der Waals surface area contributed by atoms with Crippen molar-refractivity contribution in [2.24, 2.45) is 0 Å². The first kappa shape index (κ1) is 83.5. The van der Waals surface area contributed by atoms with Gasteiger partial charge in [-0.1, -0.05) is 305 Å². The molecule has 90 heavy (non-hydrogen) atoms. The fourth-order valence-corrected chi connectivity index (χ4v) is 12.0. The molecule has 2 heterocycles. The number of aliphatic hydroxyl groups excluding tert-OH is 8. The van der Waals surface area contributed by atoms with Crippen LogP contribution in [0.3, 0.4) is 0 Å². The fourth-order valence-electron chi connectivity index (χ4n) is 12.0. The average Bonchev–Trinajstić information content (AvgIpc) is 1.28. The van der Waals surface area contributed by atoms with E-state index in [4.69, 9.17) is 18.9 Å². The van der Waals surface area contributed by atoms with Crippen LogP contribution in [-0.2, 0) is 23.7 Å². The van der Waals surface area contributed by atoms with Gasteiger partial charge in [-0.3, -0.25) is 4.79 Å². The average molecular weight is 1270 g/mol. The number of rotatable bonds is 61. The Hall–Kier alpha value is -2.57. The van der Waals surface area contributed by atoms with E-state index in [9.17, 15) is 45.6 Å².